The number of amides is 3. The van der Waals surface area contributed by atoms with Crippen molar-refractivity contribution in [2.24, 2.45) is 22.7 Å². The molecule has 192 valence electrons. The maximum Gasteiger partial charge on any atom is 0.248 e. The summed E-state index contributed by atoms with van der Waals surface area (Å²) < 4.78 is 6.22. The number of likely N-dealkylation sites (N-methyl/N-ethyl adjacent to an activating group) is 1. The first-order chi connectivity index (χ1) is 16.7. The smallest absolute Gasteiger partial charge is 0.248 e. The Hall–Kier alpha value is -2.64. The third-order valence-electron chi connectivity index (χ3n) is 11.2. The largest absolute Gasteiger partial charge is 0.491 e. The zero-order chi connectivity index (χ0) is 25.8. The van der Waals surface area contributed by atoms with Gasteiger partial charge in [-0.3, -0.25) is 19.2 Å². The Kier molecular flexibility index (Phi) is 3.81. The summed E-state index contributed by atoms with van der Waals surface area (Å²) in [6.45, 7) is 10.6. The molecule has 5 atom stereocenters. The fraction of sp³-hybridized carbons (Fsp3) is 0.714. The van der Waals surface area contributed by atoms with Crippen LogP contribution in [0.15, 0.2) is 22.6 Å². The van der Waals surface area contributed by atoms with Crippen molar-refractivity contribution in [3.05, 3.63) is 22.6 Å². The fourth-order valence-corrected chi connectivity index (χ4v) is 9.68. The maximum absolute atomic E-state index is 14.1. The van der Waals surface area contributed by atoms with Crippen molar-refractivity contribution in [1.29, 1.82) is 0 Å². The minimum atomic E-state index is -0.840. The molecule has 1 N–H and O–H groups in total. The minimum absolute atomic E-state index is 0.0181. The third-order valence-corrected chi connectivity index (χ3v) is 11.2. The van der Waals surface area contributed by atoms with Crippen molar-refractivity contribution in [3.8, 4) is 0 Å². The zero-order valence-corrected chi connectivity index (χ0v) is 22.0. The number of ether oxygens (including phenoxy) is 1. The van der Waals surface area contributed by atoms with Gasteiger partial charge in [0.1, 0.15) is 16.9 Å². The van der Waals surface area contributed by atoms with E-state index in [-0.39, 0.29) is 41.8 Å². The van der Waals surface area contributed by atoms with Crippen LogP contribution in [-0.2, 0) is 23.9 Å². The number of piperidine rings is 2. The van der Waals surface area contributed by atoms with Crippen molar-refractivity contribution in [1.82, 2.24) is 15.1 Å². The van der Waals surface area contributed by atoms with Gasteiger partial charge in [-0.25, -0.2) is 0 Å². The van der Waals surface area contributed by atoms with Gasteiger partial charge < -0.3 is 19.9 Å². The van der Waals surface area contributed by atoms with Crippen LogP contribution in [0.5, 0.6) is 0 Å². The van der Waals surface area contributed by atoms with E-state index in [1.807, 2.05) is 37.6 Å². The molecule has 3 amide bonds. The molecule has 0 aromatic carbocycles. The standard InChI is InChI=1S/C28H35N3O5/c1-14-9-26-11-18-25(4,5)28(12-27(18,30(6)23(26)35)13-31(26)21(14)33)15-7-8-17-19(20(15)29-22(28)34)16(32)10-24(2,3)36-17/h14,18H,7-13H2,1-6H3,(H,29,34)/t14?,18?,26-,27+,28+/m0/s1. The Labute approximate surface area is 211 Å². The van der Waals surface area contributed by atoms with Crippen molar-refractivity contribution in [2.75, 3.05) is 13.6 Å². The molecular weight excluding hydrogens is 458 g/mol. The van der Waals surface area contributed by atoms with Crippen LogP contribution in [0.25, 0.3) is 0 Å². The quantitative estimate of drug-likeness (QED) is 0.559. The lowest BCUT2D eigenvalue weighted by molar-refractivity contribution is -0.188. The number of hydrogen-bond donors (Lipinski definition) is 1. The molecule has 4 saturated heterocycles. The molecule has 2 bridgehead atoms. The Balaban J connectivity index is 1.40. The van der Waals surface area contributed by atoms with Crippen LogP contribution in [0.1, 0.15) is 73.1 Å². The Bertz CT molecular complexity index is 1280. The number of Topliss-reactive ketones (excluding diaryl/α,β-unsaturated/α-hetero) is 1. The van der Waals surface area contributed by atoms with E-state index >= 15 is 0 Å². The van der Waals surface area contributed by atoms with Gasteiger partial charge in [-0.05, 0) is 56.4 Å². The number of fused-ring (bicyclic) bond motifs is 3. The molecule has 1 saturated carbocycles. The first-order valence-electron chi connectivity index (χ1n) is 13.3. The third kappa shape index (κ3) is 2.13. The monoisotopic (exact) mass is 493 g/mol. The average molecular weight is 494 g/mol. The molecule has 2 aliphatic carbocycles. The predicted molar refractivity (Wildman–Crippen MR) is 129 cm³/mol. The molecule has 2 unspecified atom stereocenters. The first kappa shape index (κ1) is 22.5. The van der Waals surface area contributed by atoms with Crippen LogP contribution in [-0.4, -0.2) is 63.6 Å². The topological polar surface area (TPSA) is 96.0 Å². The van der Waals surface area contributed by atoms with Crippen molar-refractivity contribution < 1.29 is 23.9 Å². The zero-order valence-electron chi connectivity index (χ0n) is 22.0. The van der Waals surface area contributed by atoms with E-state index < -0.39 is 27.5 Å². The predicted octanol–water partition coefficient (Wildman–Crippen LogP) is 2.44. The number of allylic oxidation sites excluding steroid dienone is 2. The normalized spacial score (nSPS) is 43.6. The van der Waals surface area contributed by atoms with E-state index in [0.29, 0.717) is 55.7 Å². The summed E-state index contributed by atoms with van der Waals surface area (Å²) in [7, 11) is 1.88. The van der Waals surface area contributed by atoms with Gasteiger partial charge in [-0.15, -0.1) is 0 Å². The Morgan fingerprint density at radius 1 is 1.03 bits per heavy atom. The lowest BCUT2D eigenvalue weighted by Gasteiger charge is -2.63. The molecular formula is C28H35N3O5. The molecule has 8 nitrogen and oxygen atoms in total. The van der Waals surface area contributed by atoms with E-state index in [2.05, 4.69) is 19.2 Å². The van der Waals surface area contributed by atoms with Gasteiger partial charge in [-0.2, -0.15) is 0 Å². The van der Waals surface area contributed by atoms with Crippen molar-refractivity contribution in [2.45, 2.75) is 89.8 Å². The SMILES string of the molecule is CC1C[C@@]23CC4C(C)(C)[C@@]5(C[C@]4(CN2C1=O)N(C)C3=O)C(=O)NC1=C5CCC2=C1C(=O)CC(C)(C)O2. The highest BCUT2D eigenvalue weighted by Gasteiger charge is 2.80. The van der Waals surface area contributed by atoms with Gasteiger partial charge in [0.15, 0.2) is 5.78 Å². The molecule has 8 heteroatoms. The van der Waals surface area contributed by atoms with Gasteiger partial charge in [0.2, 0.25) is 17.7 Å². The number of nitrogens with zero attached hydrogens (tertiary/aromatic N) is 2. The molecule has 6 heterocycles. The molecule has 3 spiro atoms. The summed E-state index contributed by atoms with van der Waals surface area (Å²) in [6.07, 6.45) is 3.13. The highest BCUT2D eigenvalue weighted by atomic mass is 16.5. The average Bonchev–Trinajstić information content (AvgIpc) is 3.29. The van der Waals surface area contributed by atoms with Crippen LogP contribution >= 0.6 is 0 Å². The summed E-state index contributed by atoms with van der Waals surface area (Å²) in [5.41, 5.74) is -1.07. The van der Waals surface area contributed by atoms with Crippen LogP contribution in [0.4, 0.5) is 0 Å². The lowest BCUT2D eigenvalue weighted by atomic mass is 9.56. The molecule has 0 radical (unpaired) electrons. The minimum Gasteiger partial charge on any atom is -0.491 e. The highest BCUT2D eigenvalue weighted by molar-refractivity contribution is 6.06. The number of piperazine rings is 1. The molecule has 0 aromatic heterocycles. The van der Waals surface area contributed by atoms with Crippen molar-refractivity contribution >= 4 is 23.5 Å². The molecule has 36 heavy (non-hydrogen) atoms. The Morgan fingerprint density at radius 3 is 2.47 bits per heavy atom. The van der Waals surface area contributed by atoms with E-state index in [9.17, 15) is 19.2 Å². The van der Waals surface area contributed by atoms with E-state index in [1.54, 1.807) is 0 Å². The second kappa shape index (κ2) is 6.08. The van der Waals surface area contributed by atoms with Gasteiger partial charge in [0.25, 0.3) is 0 Å². The summed E-state index contributed by atoms with van der Waals surface area (Å²) >= 11 is 0. The second-order valence-corrected chi connectivity index (χ2v) is 13.7. The number of rotatable bonds is 0. The van der Waals surface area contributed by atoms with Crippen LogP contribution < -0.4 is 5.32 Å². The second-order valence-electron chi connectivity index (χ2n) is 13.7. The van der Waals surface area contributed by atoms with E-state index in [4.69, 9.17) is 4.74 Å². The molecule has 6 aliphatic heterocycles. The molecule has 0 aromatic rings. The number of nitrogens with one attached hydrogen (secondary N) is 1. The molecule has 8 aliphatic rings. The number of ketones is 1. The number of carbonyl (C=O) groups excluding carboxylic acids is 4. The summed E-state index contributed by atoms with van der Waals surface area (Å²) in [5, 5.41) is 3.15. The highest BCUT2D eigenvalue weighted by Crippen LogP contribution is 2.73. The Morgan fingerprint density at radius 2 is 1.75 bits per heavy atom. The van der Waals surface area contributed by atoms with Gasteiger partial charge in [0, 0.05) is 25.9 Å². The van der Waals surface area contributed by atoms with Crippen LogP contribution in [0.3, 0.4) is 0 Å². The molecule has 5 fully saturated rings. The lowest BCUT2D eigenvalue weighted by Crippen LogP contribution is -2.79. The van der Waals surface area contributed by atoms with Crippen molar-refractivity contribution in [3.63, 3.8) is 0 Å². The summed E-state index contributed by atoms with van der Waals surface area (Å²) in [6, 6.07) is 0. The fourth-order valence-electron chi connectivity index (χ4n) is 9.68. The van der Waals surface area contributed by atoms with E-state index in [0.717, 1.165) is 5.57 Å². The number of hydrogen-bond acceptors (Lipinski definition) is 5. The first-order valence-corrected chi connectivity index (χ1v) is 13.3. The van der Waals surface area contributed by atoms with Crippen LogP contribution in [0.2, 0.25) is 0 Å². The molecule has 8 rings (SSSR count). The summed E-state index contributed by atoms with van der Waals surface area (Å²) in [4.78, 5) is 58.2. The van der Waals surface area contributed by atoms with Gasteiger partial charge in [0.05, 0.1) is 28.6 Å². The van der Waals surface area contributed by atoms with E-state index in [1.165, 1.54) is 0 Å². The maximum atomic E-state index is 14.1. The van der Waals surface area contributed by atoms with Crippen LogP contribution in [0, 0.1) is 22.7 Å². The van der Waals surface area contributed by atoms with Gasteiger partial charge >= 0.3 is 0 Å². The summed E-state index contributed by atoms with van der Waals surface area (Å²) in [5.74, 6) is 0.610. The number of carbonyl (C=O) groups is 4. The van der Waals surface area contributed by atoms with Gasteiger partial charge in [-0.1, -0.05) is 20.8 Å².